The Morgan fingerprint density at radius 1 is 0.978 bits per heavy atom. The number of hydrogen-bond donors (Lipinski definition) is 0. The van der Waals surface area contributed by atoms with E-state index in [1.807, 2.05) is 6.92 Å². The van der Waals surface area contributed by atoms with Crippen molar-refractivity contribution in [3.8, 4) is 23.1 Å². The number of benzene rings is 3. The molecular weight excluding hydrogens is 637 g/mol. The van der Waals surface area contributed by atoms with Crippen molar-refractivity contribution in [3.05, 3.63) is 106 Å². The number of carbonyl (C=O) groups excluding carboxylic acids is 4. The number of imide groups is 1. The first-order valence-electron chi connectivity index (χ1n) is 13.6. The number of nitrogens with zero attached hydrogens (tertiary/aromatic N) is 3. The number of ketones is 1. The fraction of sp³-hybridized carbons (Fsp3) is 0.152. The zero-order valence-electron chi connectivity index (χ0n) is 23.7. The van der Waals surface area contributed by atoms with E-state index >= 15 is 0 Å². The van der Waals surface area contributed by atoms with Gasteiger partial charge in [-0.15, -0.1) is 0 Å². The molecule has 1 aliphatic rings. The van der Waals surface area contributed by atoms with Crippen LogP contribution < -0.4 is 9.64 Å². The van der Waals surface area contributed by atoms with Crippen LogP contribution in [-0.2, 0) is 14.3 Å². The first-order chi connectivity index (χ1) is 21.7. The summed E-state index contributed by atoms with van der Waals surface area (Å²) in [7, 11) is 0. The summed E-state index contributed by atoms with van der Waals surface area (Å²) in [5.41, 5.74) is 2.24. The summed E-state index contributed by atoms with van der Waals surface area (Å²) in [5, 5.41) is 9.85. The Hall–Kier alpha value is -4.69. The molecule has 1 aliphatic heterocycles. The highest BCUT2D eigenvalue weighted by Gasteiger charge is 2.41. The second kappa shape index (κ2) is 13.9. The molecule has 1 aromatic heterocycles. The monoisotopic (exact) mass is 659 g/mol. The van der Waals surface area contributed by atoms with E-state index in [1.165, 1.54) is 24.3 Å². The molecule has 1 unspecified atom stereocenters. The van der Waals surface area contributed by atoms with Crippen LogP contribution in [0.4, 0.5) is 5.69 Å². The Morgan fingerprint density at radius 3 is 2.36 bits per heavy atom. The van der Waals surface area contributed by atoms with Gasteiger partial charge in [0.25, 0.3) is 0 Å². The van der Waals surface area contributed by atoms with Gasteiger partial charge < -0.3 is 9.47 Å². The number of Topliss-reactive ketones (excluding diaryl/α,β-unsaturated/α-hetero) is 1. The number of pyridine rings is 1. The fourth-order valence-corrected chi connectivity index (χ4v) is 5.87. The highest BCUT2D eigenvalue weighted by atomic mass is 35.5. The van der Waals surface area contributed by atoms with E-state index < -0.39 is 29.6 Å². The molecule has 3 aromatic carbocycles. The van der Waals surface area contributed by atoms with Crippen LogP contribution in [0.25, 0.3) is 11.3 Å². The maximum absolute atomic E-state index is 13.4. The number of esters is 1. The Kier molecular flexibility index (Phi) is 9.83. The van der Waals surface area contributed by atoms with Crippen LogP contribution in [0, 0.1) is 11.3 Å². The lowest BCUT2D eigenvalue weighted by Gasteiger charge is -2.15. The van der Waals surface area contributed by atoms with Gasteiger partial charge in [0.05, 0.1) is 44.4 Å². The minimum Gasteiger partial charge on any atom is -0.494 e. The number of carbonyl (C=O) groups is 4. The van der Waals surface area contributed by atoms with Crippen molar-refractivity contribution in [1.82, 2.24) is 4.98 Å². The van der Waals surface area contributed by atoms with Crippen molar-refractivity contribution in [2.75, 3.05) is 18.1 Å². The molecule has 45 heavy (non-hydrogen) atoms. The molecule has 0 bridgehead atoms. The van der Waals surface area contributed by atoms with E-state index in [9.17, 15) is 24.4 Å². The maximum atomic E-state index is 13.4. The number of nitriles is 1. The minimum atomic E-state index is -0.820. The maximum Gasteiger partial charge on any atom is 0.338 e. The van der Waals surface area contributed by atoms with E-state index in [4.69, 9.17) is 32.7 Å². The number of aromatic nitrogens is 1. The summed E-state index contributed by atoms with van der Waals surface area (Å²) >= 11 is 13.2. The van der Waals surface area contributed by atoms with Gasteiger partial charge in [0.2, 0.25) is 11.8 Å². The summed E-state index contributed by atoms with van der Waals surface area (Å²) in [6.07, 6.45) is -0.107. The summed E-state index contributed by atoms with van der Waals surface area (Å²) in [4.78, 5) is 56.9. The zero-order valence-corrected chi connectivity index (χ0v) is 26.0. The topological polar surface area (TPSA) is 127 Å². The smallest absolute Gasteiger partial charge is 0.338 e. The molecule has 226 valence electrons. The molecule has 0 N–H and O–H groups in total. The van der Waals surface area contributed by atoms with Crippen molar-refractivity contribution >= 4 is 64.2 Å². The molecule has 0 spiro atoms. The lowest BCUT2D eigenvalue weighted by Crippen LogP contribution is -2.31. The lowest BCUT2D eigenvalue weighted by atomic mass is 10.1. The number of amides is 2. The van der Waals surface area contributed by atoms with E-state index in [0.717, 1.165) is 16.7 Å². The Bertz CT molecular complexity index is 1840. The third-order valence-electron chi connectivity index (χ3n) is 6.74. The van der Waals surface area contributed by atoms with E-state index in [2.05, 4.69) is 11.1 Å². The van der Waals surface area contributed by atoms with Gasteiger partial charge in [0, 0.05) is 17.5 Å². The lowest BCUT2D eigenvalue weighted by molar-refractivity contribution is -0.121. The van der Waals surface area contributed by atoms with Crippen LogP contribution in [0.2, 0.25) is 10.0 Å². The fourth-order valence-electron chi connectivity index (χ4n) is 4.48. The van der Waals surface area contributed by atoms with Crippen molar-refractivity contribution in [2.24, 2.45) is 0 Å². The SMILES string of the molecule is CCOc1ccc(C(=O)COC(=O)c2ccc(N3C(=O)CC(Sc4nc(-c5ccc(Cl)c(Cl)c5)ccc4C#N)C3=O)cc2)cc1. The van der Waals surface area contributed by atoms with Crippen LogP contribution >= 0.6 is 35.0 Å². The Balaban J connectivity index is 1.24. The Labute approximate surface area is 272 Å². The highest BCUT2D eigenvalue weighted by molar-refractivity contribution is 8.00. The Morgan fingerprint density at radius 2 is 1.69 bits per heavy atom. The zero-order chi connectivity index (χ0) is 32.1. The molecule has 0 radical (unpaired) electrons. The van der Waals surface area contributed by atoms with E-state index in [0.29, 0.717) is 44.2 Å². The third-order valence-corrected chi connectivity index (χ3v) is 8.66. The van der Waals surface area contributed by atoms with Crippen molar-refractivity contribution in [2.45, 2.75) is 23.6 Å². The number of halogens is 2. The molecule has 9 nitrogen and oxygen atoms in total. The van der Waals surface area contributed by atoms with Gasteiger partial charge in [-0.05, 0) is 79.7 Å². The third kappa shape index (κ3) is 7.18. The molecule has 0 saturated carbocycles. The summed E-state index contributed by atoms with van der Waals surface area (Å²) in [6, 6.07) is 22.6. The number of ether oxygens (including phenoxy) is 2. The van der Waals surface area contributed by atoms with Gasteiger partial charge in [-0.3, -0.25) is 14.4 Å². The minimum absolute atomic E-state index is 0.107. The van der Waals surface area contributed by atoms with Gasteiger partial charge in [0.15, 0.2) is 12.4 Å². The summed E-state index contributed by atoms with van der Waals surface area (Å²) in [6.45, 7) is 1.90. The number of hydrogen-bond acceptors (Lipinski definition) is 9. The molecule has 1 fully saturated rings. The second-order valence-corrected chi connectivity index (χ2v) is 11.7. The molecule has 12 heteroatoms. The van der Waals surface area contributed by atoms with Crippen LogP contribution in [0.3, 0.4) is 0 Å². The standard InChI is InChI=1S/C33H23Cl2N3O6S/c1-2-43-24-11-5-19(6-12-24)28(39)18-44-33(42)20-3-9-23(10-4-20)38-30(40)16-29(32(38)41)45-31-22(17-36)8-14-27(37-31)21-7-13-25(34)26(35)15-21/h3-15,29H,2,16,18H2,1H3. The van der Waals surface area contributed by atoms with Crippen molar-refractivity contribution < 1.29 is 28.7 Å². The molecule has 1 saturated heterocycles. The normalized spacial score (nSPS) is 14.3. The summed E-state index contributed by atoms with van der Waals surface area (Å²) in [5.74, 6) is -1.40. The van der Waals surface area contributed by atoms with Gasteiger partial charge in [-0.2, -0.15) is 5.26 Å². The molecule has 2 heterocycles. The molecule has 2 amide bonds. The molecule has 1 atom stereocenters. The number of thioether (sulfide) groups is 1. The molecule has 5 rings (SSSR count). The van der Waals surface area contributed by atoms with Crippen LogP contribution in [0.1, 0.15) is 39.6 Å². The van der Waals surface area contributed by atoms with E-state index in [1.54, 1.807) is 54.6 Å². The van der Waals surface area contributed by atoms with Crippen LogP contribution in [0.15, 0.2) is 83.9 Å². The van der Waals surface area contributed by atoms with Crippen molar-refractivity contribution in [1.29, 1.82) is 5.26 Å². The van der Waals surface area contributed by atoms with Gasteiger partial charge in [0.1, 0.15) is 16.8 Å². The molecular formula is C33H23Cl2N3O6S. The summed E-state index contributed by atoms with van der Waals surface area (Å²) < 4.78 is 10.5. The molecule has 0 aliphatic carbocycles. The highest BCUT2D eigenvalue weighted by Crippen LogP contribution is 2.36. The second-order valence-electron chi connectivity index (χ2n) is 9.67. The largest absolute Gasteiger partial charge is 0.494 e. The number of rotatable bonds is 10. The first-order valence-corrected chi connectivity index (χ1v) is 15.2. The predicted molar refractivity (Wildman–Crippen MR) is 170 cm³/mol. The number of anilines is 1. The van der Waals surface area contributed by atoms with Gasteiger partial charge >= 0.3 is 5.97 Å². The first kappa shape index (κ1) is 31.7. The van der Waals surface area contributed by atoms with Crippen LogP contribution in [-0.4, -0.2) is 47.0 Å². The van der Waals surface area contributed by atoms with Gasteiger partial charge in [-0.25, -0.2) is 14.7 Å². The van der Waals surface area contributed by atoms with Gasteiger partial charge in [-0.1, -0.05) is 41.0 Å². The quantitative estimate of drug-likeness (QED) is 0.103. The average Bonchev–Trinajstić information content (AvgIpc) is 3.33. The molecule has 4 aromatic rings. The van der Waals surface area contributed by atoms with Crippen molar-refractivity contribution in [3.63, 3.8) is 0 Å². The predicted octanol–water partition coefficient (Wildman–Crippen LogP) is 6.79. The average molecular weight is 661 g/mol. The van der Waals surface area contributed by atoms with Crippen LogP contribution in [0.5, 0.6) is 5.75 Å². The van der Waals surface area contributed by atoms with E-state index in [-0.39, 0.29) is 29.0 Å².